The zero-order valence-electron chi connectivity index (χ0n) is 17.1. The van der Waals surface area contributed by atoms with Gasteiger partial charge in [-0.3, -0.25) is 0 Å². The number of nitrogens with one attached hydrogen (secondary N) is 1. The first-order valence-corrected chi connectivity index (χ1v) is 11.9. The lowest BCUT2D eigenvalue weighted by atomic mass is 10.1. The van der Waals surface area contributed by atoms with E-state index in [9.17, 15) is 14.9 Å². The van der Waals surface area contributed by atoms with Crippen LogP contribution in [0, 0.1) is 18.3 Å². The molecule has 7 nitrogen and oxygen atoms in total. The summed E-state index contributed by atoms with van der Waals surface area (Å²) in [6.07, 6.45) is 1.49. The Balaban J connectivity index is 1.93. The summed E-state index contributed by atoms with van der Waals surface area (Å²) in [5.41, 5.74) is 1.85. The van der Waals surface area contributed by atoms with Gasteiger partial charge < -0.3 is 14.8 Å². The molecule has 0 saturated carbocycles. The highest BCUT2D eigenvalue weighted by Crippen LogP contribution is 2.35. The molecule has 0 radical (unpaired) electrons. The SMILES string of the molecule is CCOC(=O)c1sc(NC=C(C#N)c2nc(-c3cccs3)cs2)c(C(=O)OCC)c1C. The smallest absolute Gasteiger partial charge is 0.348 e. The van der Waals surface area contributed by atoms with Gasteiger partial charge in [0.1, 0.15) is 26.5 Å². The highest BCUT2D eigenvalue weighted by Gasteiger charge is 2.26. The summed E-state index contributed by atoms with van der Waals surface area (Å²) in [5.74, 6) is -1.05. The molecule has 0 unspecified atom stereocenters. The Morgan fingerprint density at radius 2 is 1.97 bits per heavy atom. The second-order valence-electron chi connectivity index (χ2n) is 6.03. The highest BCUT2D eigenvalue weighted by molar-refractivity contribution is 7.18. The Labute approximate surface area is 191 Å². The molecule has 0 amide bonds. The van der Waals surface area contributed by atoms with Crippen LogP contribution in [0.5, 0.6) is 0 Å². The second-order valence-corrected chi connectivity index (χ2v) is 8.86. The number of hydrogen-bond acceptors (Lipinski definition) is 10. The van der Waals surface area contributed by atoms with Crippen LogP contribution in [0.4, 0.5) is 5.00 Å². The second kappa shape index (κ2) is 10.3. The molecule has 3 aromatic rings. The average molecular weight is 474 g/mol. The molecule has 0 bridgehead atoms. The van der Waals surface area contributed by atoms with Crippen LogP contribution in [0.25, 0.3) is 16.1 Å². The molecule has 1 N–H and O–H groups in total. The van der Waals surface area contributed by atoms with Gasteiger partial charge in [-0.15, -0.1) is 34.0 Å². The molecule has 0 aliphatic carbocycles. The number of allylic oxidation sites excluding steroid dienone is 1. The van der Waals surface area contributed by atoms with Crippen LogP contribution in [0.1, 0.15) is 44.4 Å². The van der Waals surface area contributed by atoms with Gasteiger partial charge in [0.05, 0.1) is 29.3 Å². The normalized spacial score (nSPS) is 11.1. The maximum atomic E-state index is 12.5. The van der Waals surface area contributed by atoms with Gasteiger partial charge in [0.25, 0.3) is 0 Å². The van der Waals surface area contributed by atoms with Crippen LogP contribution in [-0.4, -0.2) is 30.1 Å². The first kappa shape index (κ1) is 22.7. The standard InChI is InChI=1S/C21H19N3O4S3/c1-4-27-20(25)16-12(3)17(21(26)28-5-2)31-19(16)23-10-13(9-22)18-24-14(11-30-18)15-7-6-8-29-15/h6-8,10-11,23H,4-5H2,1-3H3. The summed E-state index contributed by atoms with van der Waals surface area (Å²) in [4.78, 5) is 30.6. The van der Waals surface area contributed by atoms with Crippen LogP contribution < -0.4 is 5.32 Å². The molecule has 0 aromatic carbocycles. The van der Waals surface area contributed by atoms with E-state index in [0.29, 0.717) is 26.0 Å². The van der Waals surface area contributed by atoms with Gasteiger partial charge in [-0.2, -0.15) is 5.26 Å². The number of esters is 2. The summed E-state index contributed by atoms with van der Waals surface area (Å²) in [6, 6.07) is 6.04. The first-order chi connectivity index (χ1) is 15.0. The number of carbonyl (C=O) groups excluding carboxylic acids is 2. The van der Waals surface area contributed by atoms with Gasteiger partial charge in [0.15, 0.2) is 0 Å². The molecule has 0 spiro atoms. The molecule has 3 rings (SSSR count). The predicted octanol–water partition coefficient (Wildman–Crippen LogP) is 5.57. The average Bonchev–Trinajstić information content (AvgIpc) is 3.49. The summed E-state index contributed by atoms with van der Waals surface area (Å²) in [6.45, 7) is 5.52. The summed E-state index contributed by atoms with van der Waals surface area (Å²) < 4.78 is 10.2. The lowest BCUT2D eigenvalue weighted by Crippen LogP contribution is -2.09. The number of ether oxygens (including phenoxy) is 2. The monoisotopic (exact) mass is 473 g/mol. The minimum Gasteiger partial charge on any atom is -0.462 e. The number of nitrogens with zero attached hydrogens (tertiary/aromatic N) is 2. The lowest BCUT2D eigenvalue weighted by Gasteiger charge is -2.05. The van der Waals surface area contributed by atoms with Crippen molar-refractivity contribution in [3.8, 4) is 16.6 Å². The van der Waals surface area contributed by atoms with E-state index < -0.39 is 11.9 Å². The van der Waals surface area contributed by atoms with E-state index in [1.807, 2.05) is 22.9 Å². The molecule has 0 fully saturated rings. The number of thiophene rings is 2. The van der Waals surface area contributed by atoms with Gasteiger partial charge >= 0.3 is 11.9 Å². The van der Waals surface area contributed by atoms with Crippen molar-refractivity contribution in [1.29, 1.82) is 5.26 Å². The number of rotatable bonds is 8. The zero-order chi connectivity index (χ0) is 22.4. The van der Waals surface area contributed by atoms with Crippen LogP contribution >= 0.6 is 34.0 Å². The van der Waals surface area contributed by atoms with Crippen molar-refractivity contribution >= 4 is 56.5 Å². The third-order valence-electron chi connectivity index (χ3n) is 4.06. The molecule has 31 heavy (non-hydrogen) atoms. The molecular formula is C21H19N3O4S3. The van der Waals surface area contributed by atoms with E-state index in [-0.39, 0.29) is 18.8 Å². The minimum absolute atomic E-state index is 0.201. The number of thiazole rings is 1. The maximum absolute atomic E-state index is 12.5. The third-order valence-corrected chi connectivity index (χ3v) is 7.03. The quantitative estimate of drug-likeness (QED) is 0.337. The molecule has 0 atom stereocenters. The van der Waals surface area contributed by atoms with Gasteiger partial charge in [-0.25, -0.2) is 14.6 Å². The van der Waals surface area contributed by atoms with E-state index in [4.69, 9.17) is 9.47 Å². The molecular weight excluding hydrogens is 454 g/mol. The fourth-order valence-electron chi connectivity index (χ4n) is 2.67. The first-order valence-electron chi connectivity index (χ1n) is 9.34. The van der Waals surface area contributed by atoms with E-state index in [2.05, 4.69) is 16.4 Å². The van der Waals surface area contributed by atoms with Gasteiger partial charge in [-0.1, -0.05) is 6.07 Å². The predicted molar refractivity (Wildman–Crippen MR) is 124 cm³/mol. The lowest BCUT2D eigenvalue weighted by molar-refractivity contribution is 0.0527. The topological polar surface area (TPSA) is 101 Å². The van der Waals surface area contributed by atoms with Crippen LogP contribution in [0.2, 0.25) is 0 Å². The van der Waals surface area contributed by atoms with Gasteiger partial charge in [0, 0.05) is 11.6 Å². The third kappa shape index (κ3) is 5.02. The molecule has 0 aliphatic rings. The van der Waals surface area contributed by atoms with Crippen molar-refractivity contribution < 1.29 is 19.1 Å². The van der Waals surface area contributed by atoms with Crippen LogP contribution in [0.15, 0.2) is 29.1 Å². The zero-order valence-corrected chi connectivity index (χ0v) is 19.5. The Morgan fingerprint density at radius 3 is 2.61 bits per heavy atom. The summed E-state index contributed by atoms with van der Waals surface area (Å²) in [5, 5.41) is 17.4. The Kier molecular flexibility index (Phi) is 7.57. The Morgan fingerprint density at radius 1 is 1.23 bits per heavy atom. The molecule has 10 heteroatoms. The van der Waals surface area contributed by atoms with E-state index in [0.717, 1.165) is 21.9 Å². The van der Waals surface area contributed by atoms with Gasteiger partial charge in [0.2, 0.25) is 0 Å². The molecule has 3 heterocycles. The maximum Gasteiger partial charge on any atom is 0.348 e. The number of hydrogen-bond donors (Lipinski definition) is 1. The van der Waals surface area contributed by atoms with Crippen LogP contribution in [-0.2, 0) is 9.47 Å². The van der Waals surface area contributed by atoms with Crippen LogP contribution in [0.3, 0.4) is 0 Å². The molecule has 160 valence electrons. The van der Waals surface area contributed by atoms with Crippen molar-refractivity contribution in [2.75, 3.05) is 18.5 Å². The Bertz CT molecular complexity index is 1150. The minimum atomic E-state index is -0.546. The van der Waals surface area contributed by atoms with Gasteiger partial charge in [-0.05, 0) is 37.8 Å². The largest absolute Gasteiger partial charge is 0.462 e. The van der Waals surface area contributed by atoms with Crippen molar-refractivity contribution in [3.05, 3.63) is 50.1 Å². The number of nitriles is 1. The van der Waals surface area contributed by atoms with E-state index >= 15 is 0 Å². The molecule has 0 aliphatic heterocycles. The van der Waals surface area contributed by atoms with Crippen molar-refractivity contribution in [2.24, 2.45) is 0 Å². The van der Waals surface area contributed by atoms with Crippen molar-refractivity contribution in [2.45, 2.75) is 20.8 Å². The Hall–Kier alpha value is -3.00. The van der Waals surface area contributed by atoms with E-state index in [1.54, 1.807) is 32.1 Å². The fourth-order valence-corrected chi connectivity index (χ4v) is 5.27. The van der Waals surface area contributed by atoms with Crippen molar-refractivity contribution in [1.82, 2.24) is 4.98 Å². The summed E-state index contributed by atoms with van der Waals surface area (Å²) in [7, 11) is 0. The summed E-state index contributed by atoms with van der Waals surface area (Å²) >= 11 is 4.01. The van der Waals surface area contributed by atoms with Crippen molar-refractivity contribution in [3.63, 3.8) is 0 Å². The molecule has 3 aromatic heterocycles. The van der Waals surface area contributed by atoms with E-state index in [1.165, 1.54) is 17.5 Å². The fraction of sp³-hybridized carbons (Fsp3) is 0.238. The highest BCUT2D eigenvalue weighted by atomic mass is 32.1. The number of anilines is 1. The number of carbonyl (C=O) groups is 2. The number of aromatic nitrogens is 1. The molecule has 0 saturated heterocycles.